The third kappa shape index (κ3) is 3.63. The summed E-state index contributed by atoms with van der Waals surface area (Å²) < 4.78 is -0.0927. The molecule has 0 aromatic heterocycles. The van der Waals surface area contributed by atoms with Crippen molar-refractivity contribution in [1.29, 1.82) is 0 Å². The highest BCUT2D eigenvalue weighted by Gasteiger charge is 2.10. The van der Waals surface area contributed by atoms with Crippen molar-refractivity contribution in [3.8, 4) is 5.75 Å². The zero-order valence-electron chi connectivity index (χ0n) is 7.30. The molecule has 0 aliphatic rings. The van der Waals surface area contributed by atoms with Crippen molar-refractivity contribution in [1.82, 2.24) is 5.32 Å². The number of carbonyl (C=O) groups excluding carboxylic acids is 1. The summed E-state index contributed by atoms with van der Waals surface area (Å²) in [6, 6.07) is 4.13. The van der Waals surface area contributed by atoms with E-state index in [9.17, 15) is 9.90 Å². The van der Waals surface area contributed by atoms with Crippen molar-refractivity contribution in [2.45, 2.75) is 0 Å². The molecule has 1 aromatic rings. The van der Waals surface area contributed by atoms with Crippen molar-refractivity contribution in [3.63, 3.8) is 0 Å². The Hall–Kier alpha value is -0.900. The van der Waals surface area contributed by atoms with Gasteiger partial charge in [-0.1, -0.05) is 34.8 Å². The largest absolute Gasteiger partial charge is 0.507 e. The highest BCUT2D eigenvalue weighted by molar-refractivity contribution is 6.55. The summed E-state index contributed by atoms with van der Waals surface area (Å²) in [6.45, 7) is 0. The van der Waals surface area contributed by atoms with Crippen LogP contribution in [0.25, 0.3) is 0 Å². The molecule has 1 rings (SSSR count). The molecule has 0 radical (unpaired) electrons. The van der Waals surface area contributed by atoms with Crippen LogP contribution in [0.15, 0.2) is 28.9 Å². The molecule has 0 aliphatic carbocycles. The summed E-state index contributed by atoms with van der Waals surface area (Å²) in [7, 11) is 0. The molecule has 0 heterocycles. The number of nitrogens with one attached hydrogen (secondary N) is 1. The lowest BCUT2D eigenvalue weighted by Crippen LogP contribution is -2.17. The zero-order valence-corrected chi connectivity index (χ0v) is 9.57. The van der Waals surface area contributed by atoms with Gasteiger partial charge in [-0.3, -0.25) is 4.79 Å². The number of rotatable bonds is 2. The Kier molecular flexibility index (Phi) is 4.27. The van der Waals surface area contributed by atoms with Crippen LogP contribution in [0.1, 0.15) is 10.4 Å². The first-order valence-electron chi connectivity index (χ1n) is 3.81. The van der Waals surface area contributed by atoms with E-state index in [-0.39, 0.29) is 15.8 Å². The first kappa shape index (κ1) is 12.2. The molecule has 0 unspecified atom stereocenters. The molecular formula is C9H6Cl3NO2. The van der Waals surface area contributed by atoms with E-state index in [0.29, 0.717) is 5.02 Å². The topological polar surface area (TPSA) is 49.3 Å². The number of benzene rings is 1. The third-order valence-electron chi connectivity index (χ3n) is 1.52. The number of phenolic OH excluding ortho intramolecular Hbond substituents is 1. The lowest BCUT2D eigenvalue weighted by molar-refractivity contribution is 0.0967. The highest BCUT2D eigenvalue weighted by Crippen LogP contribution is 2.21. The minimum atomic E-state index is -0.547. The van der Waals surface area contributed by atoms with Gasteiger partial charge in [-0.2, -0.15) is 0 Å². The van der Waals surface area contributed by atoms with Crippen LogP contribution in [0.5, 0.6) is 5.75 Å². The van der Waals surface area contributed by atoms with Gasteiger partial charge < -0.3 is 10.4 Å². The summed E-state index contributed by atoms with van der Waals surface area (Å²) in [6.07, 6.45) is 1.10. The lowest BCUT2D eigenvalue weighted by Gasteiger charge is -2.03. The highest BCUT2D eigenvalue weighted by atomic mass is 35.5. The molecule has 0 saturated heterocycles. The summed E-state index contributed by atoms with van der Waals surface area (Å²) >= 11 is 16.3. The Bertz CT molecular complexity index is 414. The van der Waals surface area contributed by atoms with Crippen LogP contribution in [0.3, 0.4) is 0 Å². The Morgan fingerprint density at radius 3 is 2.67 bits per heavy atom. The van der Waals surface area contributed by atoms with Crippen molar-refractivity contribution in [2.24, 2.45) is 0 Å². The van der Waals surface area contributed by atoms with Crippen LogP contribution >= 0.6 is 34.8 Å². The van der Waals surface area contributed by atoms with Gasteiger partial charge >= 0.3 is 0 Å². The number of hydrogen-bond acceptors (Lipinski definition) is 2. The van der Waals surface area contributed by atoms with Crippen LogP contribution in [-0.2, 0) is 0 Å². The van der Waals surface area contributed by atoms with Crippen LogP contribution in [0.2, 0.25) is 5.02 Å². The smallest absolute Gasteiger partial charge is 0.259 e. The number of aromatic hydroxyl groups is 1. The molecule has 0 saturated carbocycles. The third-order valence-corrected chi connectivity index (χ3v) is 1.97. The summed E-state index contributed by atoms with van der Waals surface area (Å²) in [5.74, 6) is -0.718. The maximum Gasteiger partial charge on any atom is 0.259 e. The first-order chi connectivity index (χ1) is 7.00. The Morgan fingerprint density at radius 2 is 2.07 bits per heavy atom. The van der Waals surface area contributed by atoms with Gasteiger partial charge in [-0.15, -0.1) is 0 Å². The molecule has 0 fully saturated rings. The molecule has 1 amide bonds. The predicted molar refractivity (Wildman–Crippen MR) is 60.4 cm³/mol. The molecule has 0 spiro atoms. The lowest BCUT2D eigenvalue weighted by atomic mass is 10.2. The second kappa shape index (κ2) is 5.26. The minimum absolute atomic E-state index is 0.0494. The quantitative estimate of drug-likeness (QED) is 0.864. The molecule has 3 nitrogen and oxygen atoms in total. The maximum atomic E-state index is 11.4. The predicted octanol–water partition coefficient (Wildman–Crippen LogP) is 3.05. The van der Waals surface area contributed by atoms with E-state index in [2.05, 4.69) is 5.32 Å². The van der Waals surface area contributed by atoms with E-state index in [1.54, 1.807) is 0 Å². The standard InChI is InChI=1S/C9H6Cl3NO2/c10-5-1-2-7(14)6(3-5)9(15)13-4-8(11)12/h1-4,14H,(H,13,15). The summed E-state index contributed by atoms with van der Waals surface area (Å²) in [4.78, 5) is 11.4. The molecule has 0 atom stereocenters. The average molecular weight is 267 g/mol. The zero-order chi connectivity index (χ0) is 11.4. The Balaban J connectivity index is 2.91. The monoisotopic (exact) mass is 265 g/mol. The van der Waals surface area contributed by atoms with Gasteiger partial charge in [-0.25, -0.2) is 0 Å². The van der Waals surface area contributed by atoms with Gasteiger partial charge in [0, 0.05) is 11.2 Å². The Labute approximate surface area is 101 Å². The molecule has 2 N–H and O–H groups in total. The van der Waals surface area contributed by atoms with Crippen LogP contribution in [0, 0.1) is 0 Å². The summed E-state index contributed by atoms with van der Waals surface area (Å²) in [5.41, 5.74) is 0.0494. The van der Waals surface area contributed by atoms with Crippen LogP contribution < -0.4 is 5.32 Å². The van der Waals surface area contributed by atoms with E-state index >= 15 is 0 Å². The van der Waals surface area contributed by atoms with Crippen LogP contribution in [-0.4, -0.2) is 11.0 Å². The van der Waals surface area contributed by atoms with Gasteiger partial charge in [0.2, 0.25) is 0 Å². The fourth-order valence-electron chi connectivity index (χ4n) is 0.888. The van der Waals surface area contributed by atoms with Gasteiger partial charge in [0.1, 0.15) is 10.2 Å². The molecule has 6 heteroatoms. The van der Waals surface area contributed by atoms with Gasteiger partial charge in [0.25, 0.3) is 5.91 Å². The van der Waals surface area contributed by atoms with Crippen molar-refractivity contribution in [2.75, 3.05) is 0 Å². The number of halogens is 3. The first-order valence-corrected chi connectivity index (χ1v) is 4.94. The average Bonchev–Trinajstić information content (AvgIpc) is 2.18. The minimum Gasteiger partial charge on any atom is -0.507 e. The van der Waals surface area contributed by atoms with Crippen molar-refractivity contribution < 1.29 is 9.90 Å². The fourth-order valence-corrected chi connectivity index (χ4v) is 1.17. The van der Waals surface area contributed by atoms with E-state index < -0.39 is 5.91 Å². The SMILES string of the molecule is O=C(NC=C(Cl)Cl)c1cc(Cl)ccc1O. The van der Waals surface area contributed by atoms with Gasteiger partial charge in [0.05, 0.1) is 5.56 Å². The fraction of sp³-hybridized carbons (Fsp3) is 0. The maximum absolute atomic E-state index is 11.4. The molecular weight excluding hydrogens is 260 g/mol. The second-order valence-corrected chi connectivity index (χ2v) is 4.01. The summed E-state index contributed by atoms with van der Waals surface area (Å²) in [5, 5.41) is 12.0. The molecule has 80 valence electrons. The molecule has 1 aromatic carbocycles. The van der Waals surface area contributed by atoms with Gasteiger partial charge in [0.15, 0.2) is 0 Å². The van der Waals surface area contributed by atoms with E-state index in [1.165, 1.54) is 18.2 Å². The van der Waals surface area contributed by atoms with E-state index in [1.807, 2.05) is 0 Å². The number of amides is 1. The van der Waals surface area contributed by atoms with Crippen LogP contribution in [0.4, 0.5) is 0 Å². The molecule has 15 heavy (non-hydrogen) atoms. The molecule has 0 bridgehead atoms. The van der Waals surface area contributed by atoms with Gasteiger partial charge in [-0.05, 0) is 18.2 Å². The van der Waals surface area contributed by atoms with E-state index in [0.717, 1.165) is 6.20 Å². The number of phenols is 1. The molecule has 0 aliphatic heterocycles. The number of hydrogen-bond donors (Lipinski definition) is 2. The second-order valence-electron chi connectivity index (χ2n) is 2.57. The van der Waals surface area contributed by atoms with Crippen molar-refractivity contribution in [3.05, 3.63) is 39.5 Å². The van der Waals surface area contributed by atoms with Crippen molar-refractivity contribution >= 4 is 40.7 Å². The Morgan fingerprint density at radius 1 is 1.40 bits per heavy atom. The normalized spacial score (nSPS) is 9.53. The van der Waals surface area contributed by atoms with E-state index in [4.69, 9.17) is 34.8 Å². The number of carbonyl (C=O) groups is 1.